The number of esters is 1. The predicted molar refractivity (Wildman–Crippen MR) is 74.7 cm³/mol. The van der Waals surface area contributed by atoms with Gasteiger partial charge in [0.2, 0.25) is 5.91 Å². The number of hydrogen-bond acceptors (Lipinski definition) is 3. The van der Waals surface area contributed by atoms with Crippen LogP contribution in [0.4, 0.5) is 0 Å². The summed E-state index contributed by atoms with van der Waals surface area (Å²) in [7, 11) is 1.34. The Morgan fingerprint density at radius 3 is 2.79 bits per heavy atom. The molecule has 1 N–H and O–H groups in total. The Morgan fingerprint density at radius 1 is 1.37 bits per heavy atom. The summed E-state index contributed by atoms with van der Waals surface area (Å²) in [5.74, 6) is -0.495. The highest BCUT2D eigenvalue weighted by molar-refractivity contribution is 6.32. The van der Waals surface area contributed by atoms with Gasteiger partial charge >= 0.3 is 5.97 Å². The van der Waals surface area contributed by atoms with Crippen LogP contribution in [-0.2, 0) is 14.3 Å². The van der Waals surface area contributed by atoms with Crippen LogP contribution in [0.5, 0.6) is 0 Å². The van der Waals surface area contributed by atoms with Crippen LogP contribution in [-0.4, -0.2) is 25.5 Å². The molecule has 1 aromatic rings. The third-order valence-electron chi connectivity index (χ3n) is 2.40. The molecular weight excluding hydrogens is 266 g/mol. The second-order valence-corrected chi connectivity index (χ2v) is 4.23. The third-order valence-corrected chi connectivity index (χ3v) is 2.75. The van der Waals surface area contributed by atoms with Crippen LogP contribution < -0.4 is 5.32 Å². The van der Waals surface area contributed by atoms with E-state index in [0.29, 0.717) is 24.4 Å². The second-order valence-electron chi connectivity index (χ2n) is 3.83. The lowest BCUT2D eigenvalue weighted by Gasteiger charge is -2.01. The van der Waals surface area contributed by atoms with Gasteiger partial charge in [0, 0.05) is 24.1 Å². The van der Waals surface area contributed by atoms with Crippen molar-refractivity contribution in [3.63, 3.8) is 0 Å². The number of hydrogen-bond donors (Lipinski definition) is 1. The fourth-order valence-corrected chi connectivity index (χ4v) is 1.58. The maximum atomic E-state index is 11.5. The zero-order chi connectivity index (χ0) is 14.1. The van der Waals surface area contributed by atoms with Crippen LogP contribution in [0.15, 0.2) is 30.3 Å². The van der Waals surface area contributed by atoms with Crippen molar-refractivity contribution in [1.82, 2.24) is 5.32 Å². The number of halogens is 1. The average molecular weight is 282 g/mol. The van der Waals surface area contributed by atoms with E-state index in [1.807, 2.05) is 18.2 Å². The minimum Gasteiger partial charge on any atom is -0.469 e. The van der Waals surface area contributed by atoms with Crippen LogP contribution in [0.1, 0.15) is 18.4 Å². The Balaban J connectivity index is 2.32. The SMILES string of the molecule is COC(=O)CCCNC(=O)/C=C/c1ccccc1Cl. The number of rotatable bonds is 6. The van der Waals surface area contributed by atoms with Gasteiger partial charge in [-0.25, -0.2) is 0 Å². The molecule has 0 aliphatic carbocycles. The molecule has 102 valence electrons. The van der Waals surface area contributed by atoms with Crippen molar-refractivity contribution in [3.8, 4) is 0 Å². The lowest BCUT2D eigenvalue weighted by molar-refractivity contribution is -0.140. The first kappa shape index (κ1) is 15.2. The summed E-state index contributed by atoms with van der Waals surface area (Å²) < 4.78 is 4.50. The van der Waals surface area contributed by atoms with Crippen molar-refractivity contribution >= 4 is 29.6 Å². The highest BCUT2D eigenvalue weighted by Crippen LogP contribution is 2.15. The van der Waals surface area contributed by atoms with E-state index in [-0.39, 0.29) is 11.9 Å². The van der Waals surface area contributed by atoms with Crippen LogP contribution in [0.25, 0.3) is 6.08 Å². The van der Waals surface area contributed by atoms with Crippen molar-refractivity contribution in [3.05, 3.63) is 40.9 Å². The lowest BCUT2D eigenvalue weighted by atomic mass is 10.2. The van der Waals surface area contributed by atoms with Crippen molar-refractivity contribution in [1.29, 1.82) is 0 Å². The van der Waals surface area contributed by atoms with Crippen LogP contribution in [0.3, 0.4) is 0 Å². The van der Waals surface area contributed by atoms with Crippen LogP contribution in [0, 0.1) is 0 Å². The number of carbonyl (C=O) groups is 2. The Morgan fingerprint density at radius 2 is 2.11 bits per heavy atom. The van der Waals surface area contributed by atoms with E-state index in [2.05, 4.69) is 10.1 Å². The molecule has 0 aromatic heterocycles. The molecule has 0 atom stereocenters. The van der Waals surface area contributed by atoms with Gasteiger partial charge < -0.3 is 10.1 Å². The van der Waals surface area contributed by atoms with Gasteiger partial charge in [-0.15, -0.1) is 0 Å². The van der Waals surface area contributed by atoms with Gasteiger partial charge in [-0.3, -0.25) is 9.59 Å². The van der Waals surface area contributed by atoms with E-state index in [1.54, 1.807) is 12.1 Å². The Bertz CT molecular complexity index is 472. The maximum Gasteiger partial charge on any atom is 0.305 e. The lowest BCUT2D eigenvalue weighted by Crippen LogP contribution is -2.22. The molecule has 0 saturated carbocycles. The molecule has 0 aliphatic heterocycles. The largest absolute Gasteiger partial charge is 0.469 e. The van der Waals surface area contributed by atoms with Gasteiger partial charge in [-0.1, -0.05) is 29.8 Å². The van der Waals surface area contributed by atoms with E-state index in [9.17, 15) is 9.59 Å². The standard InChI is InChI=1S/C14H16ClNO3/c1-19-14(18)7-4-10-16-13(17)9-8-11-5-2-3-6-12(11)15/h2-3,5-6,8-9H,4,7,10H2,1H3,(H,16,17)/b9-8+. The van der Waals surface area contributed by atoms with Gasteiger partial charge in [0.25, 0.3) is 0 Å². The first-order valence-corrected chi connectivity index (χ1v) is 6.28. The molecule has 5 heteroatoms. The summed E-state index contributed by atoms with van der Waals surface area (Å²) in [4.78, 5) is 22.3. The molecular formula is C14H16ClNO3. The van der Waals surface area contributed by atoms with Gasteiger partial charge in [0.05, 0.1) is 7.11 Å². The molecule has 0 unspecified atom stereocenters. The summed E-state index contributed by atoms with van der Waals surface area (Å²) >= 11 is 5.95. The van der Waals surface area contributed by atoms with E-state index in [0.717, 1.165) is 5.56 Å². The normalized spacial score (nSPS) is 10.4. The van der Waals surface area contributed by atoms with Gasteiger partial charge in [0.15, 0.2) is 0 Å². The molecule has 0 spiro atoms. The highest BCUT2D eigenvalue weighted by Gasteiger charge is 2.00. The van der Waals surface area contributed by atoms with E-state index in [1.165, 1.54) is 13.2 Å². The summed E-state index contributed by atoms with van der Waals surface area (Å²) in [5, 5.41) is 3.27. The number of ether oxygens (including phenoxy) is 1. The quantitative estimate of drug-likeness (QED) is 0.495. The van der Waals surface area contributed by atoms with Crippen molar-refractivity contribution in [2.24, 2.45) is 0 Å². The summed E-state index contributed by atoms with van der Waals surface area (Å²) in [6.07, 6.45) is 3.92. The van der Waals surface area contributed by atoms with E-state index < -0.39 is 0 Å². The van der Waals surface area contributed by atoms with Crippen molar-refractivity contribution < 1.29 is 14.3 Å². The van der Waals surface area contributed by atoms with Gasteiger partial charge in [0.1, 0.15) is 0 Å². The smallest absolute Gasteiger partial charge is 0.305 e. The molecule has 0 saturated heterocycles. The third kappa shape index (κ3) is 6.06. The number of amides is 1. The average Bonchev–Trinajstić information content (AvgIpc) is 2.42. The zero-order valence-electron chi connectivity index (χ0n) is 10.7. The predicted octanol–water partition coefficient (Wildman–Crippen LogP) is 2.42. The minimum atomic E-state index is -0.277. The van der Waals surface area contributed by atoms with Gasteiger partial charge in [-0.2, -0.15) is 0 Å². The highest BCUT2D eigenvalue weighted by atomic mass is 35.5. The molecule has 0 aliphatic rings. The van der Waals surface area contributed by atoms with Crippen molar-refractivity contribution in [2.75, 3.05) is 13.7 Å². The molecule has 0 fully saturated rings. The molecule has 0 radical (unpaired) electrons. The molecule has 19 heavy (non-hydrogen) atoms. The number of benzene rings is 1. The van der Waals surface area contributed by atoms with Gasteiger partial charge in [-0.05, 0) is 24.1 Å². The first-order chi connectivity index (χ1) is 9.13. The molecule has 4 nitrogen and oxygen atoms in total. The Hall–Kier alpha value is -1.81. The molecule has 1 amide bonds. The molecule has 0 heterocycles. The molecule has 1 aromatic carbocycles. The molecule has 0 bridgehead atoms. The fourth-order valence-electron chi connectivity index (χ4n) is 1.38. The van der Waals surface area contributed by atoms with Crippen LogP contribution >= 0.6 is 11.6 Å². The van der Waals surface area contributed by atoms with E-state index >= 15 is 0 Å². The summed E-state index contributed by atoms with van der Waals surface area (Å²) in [6.45, 7) is 0.431. The fraction of sp³-hybridized carbons (Fsp3) is 0.286. The minimum absolute atomic E-state index is 0.218. The molecule has 1 rings (SSSR count). The first-order valence-electron chi connectivity index (χ1n) is 5.90. The second kappa shape index (κ2) is 8.32. The monoisotopic (exact) mass is 281 g/mol. The summed E-state index contributed by atoms with van der Waals surface area (Å²) in [5.41, 5.74) is 0.786. The van der Waals surface area contributed by atoms with Crippen molar-refractivity contribution in [2.45, 2.75) is 12.8 Å². The topological polar surface area (TPSA) is 55.4 Å². The number of carbonyl (C=O) groups excluding carboxylic acids is 2. The Kier molecular flexibility index (Phi) is 6.68. The van der Waals surface area contributed by atoms with Crippen LogP contribution in [0.2, 0.25) is 5.02 Å². The maximum absolute atomic E-state index is 11.5. The summed E-state index contributed by atoms with van der Waals surface area (Å²) in [6, 6.07) is 7.26. The number of methoxy groups -OCH3 is 1. The number of nitrogens with one attached hydrogen (secondary N) is 1. The zero-order valence-corrected chi connectivity index (χ0v) is 11.4. The van der Waals surface area contributed by atoms with E-state index in [4.69, 9.17) is 11.6 Å². The Labute approximate surface area is 117 Å².